The summed E-state index contributed by atoms with van der Waals surface area (Å²) in [5.74, 6) is 0. The molecule has 0 bridgehead atoms. The van der Waals surface area contributed by atoms with Crippen molar-refractivity contribution in [2.75, 3.05) is 26.8 Å². The van der Waals surface area contributed by atoms with Gasteiger partial charge in [-0.05, 0) is 45.1 Å². The van der Waals surface area contributed by atoms with Crippen molar-refractivity contribution < 1.29 is 23.9 Å². The van der Waals surface area contributed by atoms with E-state index in [1.807, 2.05) is 52.0 Å². The normalized spacial score (nSPS) is 18.4. The molecule has 6 nitrogen and oxygen atoms in total. The second-order valence-electron chi connectivity index (χ2n) is 7.35. The molecule has 0 radical (unpaired) electrons. The van der Waals surface area contributed by atoms with Crippen molar-refractivity contribution in [3.63, 3.8) is 0 Å². The smallest absolute Gasteiger partial charge is 0.465 e. The lowest BCUT2D eigenvalue weighted by molar-refractivity contribution is 0.00578. The van der Waals surface area contributed by atoms with Crippen LogP contribution in [-0.4, -0.2) is 61.2 Å². The van der Waals surface area contributed by atoms with Crippen LogP contribution in [0.1, 0.15) is 33.3 Å². The van der Waals surface area contributed by atoms with E-state index in [0.717, 1.165) is 11.0 Å². The van der Waals surface area contributed by atoms with Gasteiger partial charge < -0.3 is 24.1 Å². The Kier molecular flexibility index (Phi) is 6.14. The summed E-state index contributed by atoms with van der Waals surface area (Å²) in [4.78, 5) is 12.6. The fourth-order valence-corrected chi connectivity index (χ4v) is 2.64. The van der Waals surface area contributed by atoms with Crippen LogP contribution < -0.4 is 5.46 Å². The first-order valence-corrected chi connectivity index (χ1v) is 8.57. The first kappa shape index (κ1) is 19.8. The van der Waals surface area contributed by atoms with Crippen molar-refractivity contribution in [3.05, 3.63) is 29.8 Å². The average Bonchev–Trinajstić information content (AvgIpc) is 2.75. The highest BCUT2D eigenvalue weighted by atomic mass is 16.7. The van der Waals surface area contributed by atoms with Crippen molar-refractivity contribution in [1.29, 1.82) is 0 Å². The number of hydrogen-bond donors (Lipinski definition) is 1. The van der Waals surface area contributed by atoms with E-state index in [4.69, 9.17) is 14.0 Å². The van der Waals surface area contributed by atoms with Crippen molar-refractivity contribution in [3.8, 4) is 0 Å². The highest BCUT2D eigenvalue weighted by Gasteiger charge is 2.51. The number of rotatable bonds is 7. The number of hydrogen-bond acceptors (Lipinski definition) is 4. The second kappa shape index (κ2) is 7.76. The molecule has 1 aromatic rings. The lowest BCUT2D eigenvalue weighted by Crippen LogP contribution is -2.41. The number of benzene rings is 1. The Labute approximate surface area is 150 Å². The second-order valence-corrected chi connectivity index (χ2v) is 7.35. The summed E-state index contributed by atoms with van der Waals surface area (Å²) in [7, 11) is 1.16. The first-order chi connectivity index (χ1) is 11.7. The quantitative estimate of drug-likeness (QED) is 0.764. The summed E-state index contributed by atoms with van der Waals surface area (Å²) in [6.45, 7) is 9.28. The lowest BCUT2D eigenvalue weighted by atomic mass is 9.78. The van der Waals surface area contributed by atoms with Crippen LogP contribution in [0.5, 0.6) is 0 Å². The van der Waals surface area contributed by atoms with E-state index in [1.54, 1.807) is 7.11 Å². The maximum atomic E-state index is 11.3. The van der Waals surface area contributed by atoms with Gasteiger partial charge in [-0.3, -0.25) is 0 Å². The molecule has 1 aliphatic rings. The van der Waals surface area contributed by atoms with E-state index in [-0.39, 0.29) is 11.2 Å². The van der Waals surface area contributed by atoms with Crippen LogP contribution in [0.3, 0.4) is 0 Å². The predicted molar refractivity (Wildman–Crippen MR) is 97.3 cm³/mol. The largest absolute Gasteiger partial charge is 0.494 e. The third-order valence-corrected chi connectivity index (χ3v) is 4.98. The SMILES string of the molecule is COCCN(CCc1cccc(B2OC(C)(C)C(C)(C)O2)c1)C(=O)O. The Hall–Kier alpha value is -1.57. The van der Waals surface area contributed by atoms with Crippen LogP contribution in [0, 0.1) is 0 Å². The summed E-state index contributed by atoms with van der Waals surface area (Å²) in [6.07, 6.45) is -0.303. The summed E-state index contributed by atoms with van der Waals surface area (Å²) in [5, 5.41) is 9.25. The molecule has 0 unspecified atom stereocenters. The molecular weight excluding hydrogens is 321 g/mol. The van der Waals surface area contributed by atoms with Crippen molar-refractivity contribution >= 4 is 18.7 Å². The molecule has 1 heterocycles. The van der Waals surface area contributed by atoms with Crippen LogP contribution in [0.2, 0.25) is 0 Å². The third-order valence-electron chi connectivity index (χ3n) is 4.98. The fourth-order valence-electron chi connectivity index (χ4n) is 2.64. The molecule has 7 heteroatoms. The maximum Gasteiger partial charge on any atom is 0.494 e. The summed E-state index contributed by atoms with van der Waals surface area (Å²) in [6, 6.07) is 7.95. The van der Waals surface area contributed by atoms with Gasteiger partial charge in [0.05, 0.1) is 17.8 Å². The summed E-state index contributed by atoms with van der Waals surface area (Å²) >= 11 is 0. The van der Waals surface area contributed by atoms with Gasteiger partial charge in [-0.25, -0.2) is 4.79 Å². The van der Waals surface area contributed by atoms with Gasteiger partial charge in [-0.2, -0.15) is 0 Å². The molecule has 1 aliphatic heterocycles. The highest BCUT2D eigenvalue weighted by Crippen LogP contribution is 2.36. The zero-order valence-corrected chi connectivity index (χ0v) is 15.7. The molecule has 25 heavy (non-hydrogen) atoms. The van der Waals surface area contributed by atoms with Crippen molar-refractivity contribution in [1.82, 2.24) is 4.90 Å². The molecule has 0 aliphatic carbocycles. The van der Waals surface area contributed by atoms with Gasteiger partial charge in [0, 0.05) is 20.2 Å². The minimum absolute atomic E-state index is 0.364. The minimum atomic E-state index is -0.931. The fraction of sp³-hybridized carbons (Fsp3) is 0.611. The van der Waals surface area contributed by atoms with Crippen molar-refractivity contribution in [2.24, 2.45) is 0 Å². The van der Waals surface area contributed by atoms with E-state index >= 15 is 0 Å². The number of carbonyl (C=O) groups is 1. The number of methoxy groups -OCH3 is 1. The van der Waals surface area contributed by atoms with E-state index in [9.17, 15) is 9.90 Å². The van der Waals surface area contributed by atoms with E-state index in [1.165, 1.54) is 4.90 Å². The highest BCUT2D eigenvalue weighted by molar-refractivity contribution is 6.62. The number of nitrogens with zero attached hydrogens (tertiary/aromatic N) is 1. The topological polar surface area (TPSA) is 68.2 Å². The molecule has 1 aromatic carbocycles. The molecule has 1 saturated heterocycles. The van der Waals surface area contributed by atoms with E-state index < -0.39 is 13.2 Å². The average molecular weight is 349 g/mol. The molecular formula is C18H28BNO5. The minimum Gasteiger partial charge on any atom is -0.465 e. The first-order valence-electron chi connectivity index (χ1n) is 8.57. The lowest BCUT2D eigenvalue weighted by Gasteiger charge is -2.32. The molecule has 1 amide bonds. The number of carboxylic acid groups (broad SMARTS) is 1. The number of ether oxygens (including phenoxy) is 1. The molecule has 0 spiro atoms. The molecule has 0 atom stereocenters. The molecule has 1 fully saturated rings. The van der Waals surface area contributed by atoms with Gasteiger partial charge in [-0.15, -0.1) is 0 Å². The van der Waals surface area contributed by atoms with E-state index in [2.05, 4.69) is 0 Å². The Balaban J connectivity index is 2.03. The van der Waals surface area contributed by atoms with Crippen LogP contribution in [0.25, 0.3) is 0 Å². The molecule has 0 aromatic heterocycles. The Morgan fingerprint density at radius 3 is 2.40 bits per heavy atom. The maximum absolute atomic E-state index is 11.3. The Morgan fingerprint density at radius 1 is 1.20 bits per heavy atom. The van der Waals surface area contributed by atoms with Gasteiger partial charge in [0.1, 0.15) is 0 Å². The van der Waals surface area contributed by atoms with Crippen LogP contribution in [-0.2, 0) is 20.5 Å². The summed E-state index contributed by atoms with van der Waals surface area (Å²) < 4.78 is 17.1. The predicted octanol–water partition coefficient (Wildman–Crippen LogP) is 2.15. The van der Waals surface area contributed by atoms with Gasteiger partial charge in [0.2, 0.25) is 0 Å². The zero-order valence-electron chi connectivity index (χ0n) is 15.7. The number of amides is 1. The van der Waals surface area contributed by atoms with Crippen LogP contribution >= 0.6 is 0 Å². The standard InChI is InChI=1S/C18H28BNO5/c1-17(2)18(3,4)25-19(24-17)15-8-6-7-14(13-15)9-10-20(16(21)22)11-12-23-5/h6-8,13H,9-12H2,1-5H3,(H,21,22). The Morgan fingerprint density at radius 2 is 1.84 bits per heavy atom. The zero-order chi connectivity index (χ0) is 18.7. The molecule has 0 saturated carbocycles. The van der Waals surface area contributed by atoms with Crippen molar-refractivity contribution in [2.45, 2.75) is 45.3 Å². The third kappa shape index (κ3) is 4.74. The van der Waals surface area contributed by atoms with Gasteiger partial charge in [0.25, 0.3) is 0 Å². The Bertz CT molecular complexity index is 589. The van der Waals surface area contributed by atoms with Crippen LogP contribution in [0.4, 0.5) is 4.79 Å². The van der Waals surface area contributed by atoms with Gasteiger partial charge >= 0.3 is 13.2 Å². The van der Waals surface area contributed by atoms with Gasteiger partial charge in [-0.1, -0.05) is 24.3 Å². The van der Waals surface area contributed by atoms with Gasteiger partial charge in [0.15, 0.2) is 0 Å². The molecule has 138 valence electrons. The summed E-state index contributed by atoms with van der Waals surface area (Å²) in [5.41, 5.74) is 1.24. The molecule has 2 rings (SSSR count). The van der Waals surface area contributed by atoms with E-state index in [0.29, 0.717) is 26.1 Å². The monoisotopic (exact) mass is 349 g/mol. The van der Waals surface area contributed by atoms with Crippen LogP contribution in [0.15, 0.2) is 24.3 Å². The molecule has 1 N–H and O–H groups in total.